The molecule has 1 amide bonds. The summed E-state index contributed by atoms with van der Waals surface area (Å²) in [7, 11) is 1.57. The highest BCUT2D eigenvalue weighted by Gasteiger charge is 2.09. The molecule has 0 aliphatic rings. The summed E-state index contributed by atoms with van der Waals surface area (Å²) in [5.41, 5.74) is 7.38. The van der Waals surface area contributed by atoms with E-state index in [4.69, 9.17) is 15.7 Å². The highest BCUT2D eigenvalue weighted by atomic mass is 16.5. The molecule has 0 unspecified atom stereocenters. The summed E-state index contributed by atoms with van der Waals surface area (Å²) in [6, 6.07) is 9.10. The molecule has 1 aromatic heterocycles. The molecular weight excluding hydrogens is 306 g/mol. The van der Waals surface area contributed by atoms with Crippen molar-refractivity contribution >= 4 is 11.7 Å². The van der Waals surface area contributed by atoms with Crippen LogP contribution in [0.1, 0.15) is 40.9 Å². The number of nitrogen functional groups attached to an aromatic ring is 1. The number of nitrogens with one attached hydrogen (secondary N) is 2. The third-order valence-electron chi connectivity index (χ3n) is 3.70. The van der Waals surface area contributed by atoms with Crippen LogP contribution < -0.4 is 15.8 Å². The van der Waals surface area contributed by atoms with Crippen LogP contribution in [-0.2, 0) is 6.42 Å². The number of aromatic nitrogens is 2. The van der Waals surface area contributed by atoms with Crippen LogP contribution in [0.4, 0.5) is 5.82 Å². The predicted molar refractivity (Wildman–Crippen MR) is 90.6 cm³/mol. The molecule has 1 aromatic carbocycles. The van der Waals surface area contributed by atoms with Gasteiger partial charge in [-0.3, -0.25) is 9.89 Å². The molecule has 0 spiro atoms. The maximum absolute atomic E-state index is 12.0. The van der Waals surface area contributed by atoms with E-state index < -0.39 is 0 Å². The van der Waals surface area contributed by atoms with Gasteiger partial charge in [-0.25, -0.2) is 0 Å². The second-order valence-electron chi connectivity index (χ2n) is 5.37. The average Bonchev–Trinajstić information content (AvgIpc) is 2.97. The van der Waals surface area contributed by atoms with Crippen molar-refractivity contribution in [1.82, 2.24) is 15.5 Å². The maximum Gasteiger partial charge on any atom is 0.251 e. The van der Waals surface area contributed by atoms with Crippen LogP contribution in [0, 0.1) is 11.3 Å². The molecule has 0 aliphatic heterocycles. The summed E-state index contributed by atoms with van der Waals surface area (Å²) in [5, 5.41) is 18.5. The van der Waals surface area contributed by atoms with Crippen molar-refractivity contribution in [3.8, 4) is 11.8 Å². The standard InChI is InChI=1S/C17H21N5O2/c1-24-13-7-5-6-12(10-13)17(23)20-9-4-2-3-8-15-14(11-18)16(19)22-21-15/h5-7,10H,2-4,8-9H2,1H3,(H,20,23)(H3,19,21,22). The molecular formula is C17H21N5O2. The first-order chi connectivity index (χ1) is 11.7. The van der Waals surface area contributed by atoms with E-state index in [-0.39, 0.29) is 11.7 Å². The molecule has 24 heavy (non-hydrogen) atoms. The van der Waals surface area contributed by atoms with Gasteiger partial charge in [0.2, 0.25) is 0 Å². The van der Waals surface area contributed by atoms with E-state index in [9.17, 15) is 4.79 Å². The lowest BCUT2D eigenvalue weighted by Crippen LogP contribution is -2.24. The number of unbranched alkanes of at least 4 members (excludes halogenated alkanes) is 2. The zero-order valence-electron chi connectivity index (χ0n) is 13.6. The fourth-order valence-electron chi connectivity index (χ4n) is 2.37. The van der Waals surface area contributed by atoms with Crippen LogP contribution in [0.25, 0.3) is 0 Å². The average molecular weight is 327 g/mol. The summed E-state index contributed by atoms with van der Waals surface area (Å²) in [6.45, 7) is 0.603. The van der Waals surface area contributed by atoms with Crippen LogP contribution in [-0.4, -0.2) is 29.8 Å². The molecule has 0 saturated carbocycles. The fourth-order valence-corrected chi connectivity index (χ4v) is 2.37. The normalized spacial score (nSPS) is 10.2. The number of methoxy groups -OCH3 is 1. The third-order valence-corrected chi connectivity index (χ3v) is 3.70. The quantitative estimate of drug-likeness (QED) is 0.641. The summed E-state index contributed by atoms with van der Waals surface area (Å²) < 4.78 is 5.11. The minimum absolute atomic E-state index is 0.109. The zero-order valence-corrected chi connectivity index (χ0v) is 13.6. The first-order valence-electron chi connectivity index (χ1n) is 7.80. The Hall–Kier alpha value is -3.01. The van der Waals surface area contributed by atoms with Gasteiger partial charge in [0.05, 0.1) is 12.8 Å². The van der Waals surface area contributed by atoms with Gasteiger partial charge in [0.1, 0.15) is 17.4 Å². The molecule has 4 N–H and O–H groups in total. The topological polar surface area (TPSA) is 117 Å². The Morgan fingerprint density at radius 3 is 3.00 bits per heavy atom. The molecule has 2 aromatic rings. The van der Waals surface area contributed by atoms with Crippen LogP contribution in [0.15, 0.2) is 24.3 Å². The first-order valence-corrected chi connectivity index (χ1v) is 7.80. The van der Waals surface area contributed by atoms with Gasteiger partial charge in [-0.05, 0) is 37.5 Å². The van der Waals surface area contributed by atoms with Crippen molar-refractivity contribution < 1.29 is 9.53 Å². The van der Waals surface area contributed by atoms with Gasteiger partial charge in [0, 0.05) is 12.1 Å². The zero-order chi connectivity index (χ0) is 17.4. The number of benzene rings is 1. The summed E-state index contributed by atoms with van der Waals surface area (Å²) in [6.07, 6.45) is 3.41. The Morgan fingerprint density at radius 1 is 1.42 bits per heavy atom. The van der Waals surface area contributed by atoms with Crippen LogP contribution in [0.3, 0.4) is 0 Å². The van der Waals surface area contributed by atoms with E-state index in [2.05, 4.69) is 21.6 Å². The van der Waals surface area contributed by atoms with Crippen molar-refractivity contribution in [2.75, 3.05) is 19.4 Å². The van der Waals surface area contributed by atoms with Crippen LogP contribution >= 0.6 is 0 Å². The van der Waals surface area contributed by atoms with Gasteiger partial charge in [0.25, 0.3) is 5.91 Å². The third kappa shape index (κ3) is 4.49. The molecule has 126 valence electrons. The highest BCUT2D eigenvalue weighted by molar-refractivity contribution is 5.94. The maximum atomic E-state index is 12.0. The number of aryl methyl sites for hydroxylation is 1. The Labute approximate surface area is 140 Å². The number of anilines is 1. The summed E-state index contributed by atoms with van der Waals surface area (Å²) >= 11 is 0. The van der Waals surface area contributed by atoms with E-state index in [1.165, 1.54) is 0 Å². The molecule has 0 radical (unpaired) electrons. The number of nitriles is 1. The smallest absolute Gasteiger partial charge is 0.251 e. The molecule has 0 saturated heterocycles. The predicted octanol–water partition coefficient (Wildman–Crippen LogP) is 2.01. The SMILES string of the molecule is COc1cccc(C(=O)NCCCCCc2[nH]nc(N)c2C#N)c1. The monoisotopic (exact) mass is 327 g/mol. The number of carbonyl (C=O) groups excluding carboxylic acids is 1. The van der Waals surface area contributed by atoms with Crippen molar-refractivity contribution in [1.29, 1.82) is 5.26 Å². The minimum Gasteiger partial charge on any atom is -0.497 e. The van der Waals surface area contributed by atoms with Gasteiger partial charge in [-0.15, -0.1) is 0 Å². The molecule has 0 bridgehead atoms. The lowest BCUT2D eigenvalue weighted by atomic mass is 10.1. The number of ether oxygens (including phenoxy) is 1. The molecule has 0 aliphatic carbocycles. The number of H-pyrrole nitrogens is 1. The highest BCUT2D eigenvalue weighted by Crippen LogP contribution is 2.15. The number of aromatic amines is 1. The van der Waals surface area contributed by atoms with Gasteiger partial charge in [-0.1, -0.05) is 12.5 Å². The van der Waals surface area contributed by atoms with Crippen molar-refractivity contribution in [3.05, 3.63) is 41.1 Å². The number of carbonyl (C=O) groups is 1. The number of nitrogens with two attached hydrogens (primary N) is 1. The van der Waals surface area contributed by atoms with Gasteiger partial charge in [-0.2, -0.15) is 10.4 Å². The van der Waals surface area contributed by atoms with Gasteiger partial charge >= 0.3 is 0 Å². The molecule has 0 fully saturated rings. The van der Waals surface area contributed by atoms with Gasteiger partial charge in [0.15, 0.2) is 5.82 Å². The van der Waals surface area contributed by atoms with Crippen molar-refractivity contribution in [2.45, 2.75) is 25.7 Å². The Balaban J connectivity index is 1.68. The van der Waals surface area contributed by atoms with Crippen molar-refractivity contribution in [3.63, 3.8) is 0 Å². The van der Waals surface area contributed by atoms with Crippen LogP contribution in [0.2, 0.25) is 0 Å². The van der Waals surface area contributed by atoms with E-state index in [0.717, 1.165) is 31.4 Å². The number of hydrogen-bond donors (Lipinski definition) is 3. The van der Waals surface area contributed by atoms with Gasteiger partial charge < -0.3 is 15.8 Å². The second kappa shape index (κ2) is 8.58. The summed E-state index contributed by atoms with van der Waals surface area (Å²) in [5.74, 6) is 0.801. The van der Waals surface area contributed by atoms with E-state index >= 15 is 0 Å². The molecule has 1 heterocycles. The largest absolute Gasteiger partial charge is 0.497 e. The molecule has 7 heteroatoms. The second-order valence-corrected chi connectivity index (χ2v) is 5.37. The van der Waals surface area contributed by atoms with E-state index in [0.29, 0.717) is 23.4 Å². The van der Waals surface area contributed by atoms with E-state index in [1.807, 2.05) is 0 Å². The molecule has 2 rings (SSSR count). The Morgan fingerprint density at radius 2 is 2.25 bits per heavy atom. The first kappa shape index (κ1) is 17.3. The van der Waals surface area contributed by atoms with Crippen molar-refractivity contribution in [2.24, 2.45) is 0 Å². The Kier molecular flexibility index (Phi) is 6.20. The molecule has 7 nitrogen and oxygen atoms in total. The number of nitrogens with zero attached hydrogens (tertiary/aromatic N) is 2. The Bertz CT molecular complexity index is 733. The molecule has 0 atom stereocenters. The number of hydrogen-bond acceptors (Lipinski definition) is 5. The number of amides is 1. The lowest BCUT2D eigenvalue weighted by molar-refractivity contribution is 0.0952. The fraction of sp³-hybridized carbons (Fsp3) is 0.353. The van der Waals surface area contributed by atoms with Crippen LogP contribution in [0.5, 0.6) is 5.75 Å². The minimum atomic E-state index is -0.109. The lowest BCUT2D eigenvalue weighted by Gasteiger charge is -2.06. The number of rotatable bonds is 8. The van der Waals surface area contributed by atoms with E-state index in [1.54, 1.807) is 31.4 Å². The summed E-state index contributed by atoms with van der Waals surface area (Å²) in [4.78, 5) is 12.0.